The lowest BCUT2D eigenvalue weighted by Crippen LogP contribution is -1.99. The lowest BCUT2D eigenvalue weighted by atomic mass is 9.87. The van der Waals surface area contributed by atoms with Crippen molar-refractivity contribution < 1.29 is 19.0 Å². The number of carbonyl (C=O) groups is 1. The highest BCUT2D eigenvalue weighted by Crippen LogP contribution is 2.38. The number of pyridine rings is 1. The predicted molar refractivity (Wildman–Crippen MR) is 146 cm³/mol. The molecule has 6 nitrogen and oxygen atoms in total. The van der Waals surface area contributed by atoms with Crippen molar-refractivity contribution in [2.24, 2.45) is 0 Å². The fourth-order valence-electron chi connectivity index (χ4n) is 4.37. The Labute approximate surface area is 218 Å². The van der Waals surface area contributed by atoms with Crippen LogP contribution < -0.4 is 4.74 Å². The molecule has 0 saturated heterocycles. The molecule has 0 spiro atoms. The number of H-pyrrole nitrogens is 1. The minimum absolute atomic E-state index is 0.359. The molecule has 0 aliphatic heterocycles. The number of carboxylic acid groups (broad SMARTS) is 1. The molecule has 0 radical (unpaired) electrons. The molecule has 0 amide bonds. The van der Waals surface area contributed by atoms with Crippen LogP contribution in [-0.4, -0.2) is 26.3 Å². The Morgan fingerprint density at radius 2 is 1.76 bits per heavy atom. The van der Waals surface area contributed by atoms with Gasteiger partial charge < -0.3 is 9.84 Å². The van der Waals surface area contributed by atoms with Gasteiger partial charge in [-0.2, -0.15) is 5.10 Å². The van der Waals surface area contributed by atoms with Crippen molar-refractivity contribution in [3.8, 4) is 11.6 Å². The molecule has 0 unspecified atom stereocenters. The van der Waals surface area contributed by atoms with Crippen molar-refractivity contribution in [2.75, 3.05) is 0 Å². The van der Waals surface area contributed by atoms with Crippen LogP contribution in [0.15, 0.2) is 97.3 Å². The molecule has 0 saturated carbocycles. The number of aromatic nitrogens is 3. The maximum absolute atomic E-state index is 15.8. The molecular weight excluding hydrogens is 481 g/mol. The summed E-state index contributed by atoms with van der Waals surface area (Å²) in [6.07, 6.45) is 6.40. The number of carboxylic acids is 1. The van der Waals surface area contributed by atoms with E-state index in [1.807, 2.05) is 73.7 Å². The van der Waals surface area contributed by atoms with Gasteiger partial charge in [0.25, 0.3) is 0 Å². The number of halogens is 1. The number of ether oxygens (including phenoxy) is 1. The van der Waals surface area contributed by atoms with Crippen LogP contribution in [0.25, 0.3) is 28.1 Å². The molecule has 0 fully saturated rings. The van der Waals surface area contributed by atoms with E-state index in [1.165, 1.54) is 12.3 Å². The van der Waals surface area contributed by atoms with Crippen molar-refractivity contribution in [2.45, 2.75) is 13.3 Å². The molecule has 3 aromatic carbocycles. The minimum Gasteiger partial charge on any atom is -0.478 e. The van der Waals surface area contributed by atoms with E-state index in [4.69, 9.17) is 9.84 Å². The zero-order valence-corrected chi connectivity index (χ0v) is 20.6. The van der Waals surface area contributed by atoms with Crippen LogP contribution in [0.5, 0.6) is 11.6 Å². The van der Waals surface area contributed by atoms with Crippen molar-refractivity contribution in [1.29, 1.82) is 0 Å². The number of allylic oxidation sites excluding steroid dienone is 1. The third kappa shape index (κ3) is 5.22. The monoisotopic (exact) mass is 505 g/mol. The Bertz CT molecular complexity index is 1640. The van der Waals surface area contributed by atoms with Crippen LogP contribution in [0.3, 0.4) is 0 Å². The van der Waals surface area contributed by atoms with E-state index >= 15 is 4.39 Å². The van der Waals surface area contributed by atoms with Crippen LogP contribution in [0.4, 0.5) is 4.39 Å². The van der Waals surface area contributed by atoms with Crippen molar-refractivity contribution in [3.63, 3.8) is 0 Å². The van der Waals surface area contributed by atoms with E-state index in [1.54, 1.807) is 18.3 Å². The van der Waals surface area contributed by atoms with Gasteiger partial charge in [0.05, 0.1) is 17.1 Å². The van der Waals surface area contributed by atoms with Crippen LogP contribution >= 0.6 is 0 Å². The second-order valence-electron chi connectivity index (χ2n) is 8.55. The van der Waals surface area contributed by atoms with Gasteiger partial charge in [0.15, 0.2) is 0 Å². The van der Waals surface area contributed by atoms with Crippen LogP contribution in [0, 0.1) is 5.82 Å². The Balaban J connectivity index is 1.62. The van der Waals surface area contributed by atoms with Crippen molar-refractivity contribution in [3.05, 3.63) is 125 Å². The summed E-state index contributed by atoms with van der Waals surface area (Å²) in [6.45, 7) is 2.03. The third-order valence-electron chi connectivity index (χ3n) is 6.16. The molecular formula is C31H24FN3O3. The van der Waals surface area contributed by atoms with Crippen molar-refractivity contribution >= 4 is 34.1 Å². The molecule has 2 heterocycles. The fourth-order valence-corrected chi connectivity index (χ4v) is 4.37. The molecule has 0 bridgehead atoms. The highest BCUT2D eigenvalue weighted by Gasteiger charge is 2.19. The summed E-state index contributed by atoms with van der Waals surface area (Å²) < 4.78 is 21.7. The lowest BCUT2D eigenvalue weighted by molar-refractivity contribution is -0.131. The number of nitrogens with one attached hydrogen (secondary N) is 1. The first kappa shape index (κ1) is 24.6. The largest absolute Gasteiger partial charge is 0.478 e. The minimum atomic E-state index is -1.02. The number of benzene rings is 3. The Kier molecular flexibility index (Phi) is 7.08. The number of nitrogens with zero attached hydrogens (tertiary/aromatic N) is 2. The normalized spacial score (nSPS) is 12.1. The number of fused-ring (bicyclic) bond motifs is 1. The second kappa shape index (κ2) is 10.9. The van der Waals surface area contributed by atoms with E-state index in [2.05, 4.69) is 15.2 Å². The number of rotatable bonds is 8. The summed E-state index contributed by atoms with van der Waals surface area (Å²) in [5, 5.41) is 16.2. The predicted octanol–water partition coefficient (Wildman–Crippen LogP) is 7.36. The fraction of sp³-hybridized carbons (Fsp3) is 0.0645. The van der Waals surface area contributed by atoms with Gasteiger partial charge in [-0.1, -0.05) is 49.4 Å². The van der Waals surface area contributed by atoms with Gasteiger partial charge in [0.1, 0.15) is 11.6 Å². The van der Waals surface area contributed by atoms with E-state index in [-0.39, 0.29) is 5.82 Å². The lowest BCUT2D eigenvalue weighted by Gasteiger charge is -2.18. The summed E-state index contributed by atoms with van der Waals surface area (Å²) in [5.41, 5.74) is 5.25. The first-order chi connectivity index (χ1) is 18.5. The van der Waals surface area contributed by atoms with Gasteiger partial charge in [-0.3, -0.25) is 5.10 Å². The molecule has 7 heteroatoms. The van der Waals surface area contributed by atoms with Gasteiger partial charge in [-0.05, 0) is 70.7 Å². The summed E-state index contributed by atoms with van der Waals surface area (Å²) >= 11 is 0. The van der Waals surface area contributed by atoms with Gasteiger partial charge in [-0.15, -0.1) is 0 Å². The molecule has 2 aromatic heterocycles. The maximum Gasteiger partial charge on any atom is 0.328 e. The highest BCUT2D eigenvalue weighted by atomic mass is 19.1. The van der Waals surface area contributed by atoms with E-state index < -0.39 is 5.97 Å². The van der Waals surface area contributed by atoms with Gasteiger partial charge in [-0.25, -0.2) is 14.2 Å². The Morgan fingerprint density at radius 1 is 1.00 bits per heavy atom. The zero-order valence-electron chi connectivity index (χ0n) is 20.6. The quantitative estimate of drug-likeness (QED) is 0.170. The van der Waals surface area contributed by atoms with Crippen LogP contribution in [0.1, 0.15) is 35.6 Å². The smallest absolute Gasteiger partial charge is 0.328 e. The molecule has 38 heavy (non-hydrogen) atoms. The number of aliphatic carboxylic acids is 1. The van der Waals surface area contributed by atoms with Crippen LogP contribution in [-0.2, 0) is 4.79 Å². The average molecular weight is 506 g/mol. The molecule has 2 N–H and O–H groups in total. The van der Waals surface area contributed by atoms with Gasteiger partial charge in [0, 0.05) is 23.9 Å². The summed E-state index contributed by atoms with van der Waals surface area (Å²) in [7, 11) is 0. The second-order valence-corrected chi connectivity index (χ2v) is 8.55. The van der Waals surface area contributed by atoms with Gasteiger partial charge >= 0.3 is 5.97 Å². The molecule has 0 aliphatic carbocycles. The molecule has 0 aliphatic rings. The topological polar surface area (TPSA) is 88.1 Å². The van der Waals surface area contributed by atoms with Crippen molar-refractivity contribution in [1.82, 2.24) is 15.2 Å². The molecule has 0 atom stereocenters. The standard InChI is InChI=1S/C31H24FN3O3/c1-2-24(21-11-13-23(14-12-21)38-28-5-3-4-18-33-28)30(22-9-6-20(7-10-22)8-17-29(36)37)25-15-16-27-26(31(25)32)19-34-35-27/h3-19H,2H2,1H3,(H,34,35)(H,36,37). The highest BCUT2D eigenvalue weighted by molar-refractivity contribution is 6.01. The average Bonchev–Trinajstić information content (AvgIpc) is 3.43. The maximum atomic E-state index is 15.8. The number of hydrogen-bond donors (Lipinski definition) is 2. The Hall–Kier alpha value is -5.04. The summed E-state index contributed by atoms with van der Waals surface area (Å²) in [5.74, 6) is -0.235. The zero-order chi connectivity index (χ0) is 26.5. The summed E-state index contributed by atoms with van der Waals surface area (Å²) in [4.78, 5) is 15.1. The van der Waals surface area contributed by atoms with E-state index in [9.17, 15) is 4.79 Å². The number of aromatic amines is 1. The Morgan fingerprint density at radius 3 is 2.45 bits per heavy atom. The van der Waals surface area contributed by atoms with Crippen LogP contribution in [0.2, 0.25) is 0 Å². The van der Waals surface area contributed by atoms with Gasteiger partial charge in [0.2, 0.25) is 5.88 Å². The SMILES string of the molecule is CCC(=C(c1ccc(C=CC(=O)O)cc1)c1ccc2[nH]ncc2c1F)c1ccc(Oc2ccccn2)cc1. The number of hydrogen-bond acceptors (Lipinski definition) is 4. The van der Waals surface area contributed by atoms with E-state index in [0.717, 1.165) is 33.9 Å². The molecule has 188 valence electrons. The first-order valence-electron chi connectivity index (χ1n) is 12.1. The van der Waals surface area contributed by atoms with E-state index in [0.29, 0.717) is 34.5 Å². The molecule has 5 rings (SSSR count). The molecule has 5 aromatic rings. The summed E-state index contributed by atoms with van der Waals surface area (Å²) in [6, 6.07) is 24.1. The third-order valence-corrected chi connectivity index (χ3v) is 6.16. The first-order valence-corrected chi connectivity index (χ1v) is 12.1.